The van der Waals surface area contributed by atoms with Crippen LogP contribution in [0.25, 0.3) is 0 Å². The summed E-state index contributed by atoms with van der Waals surface area (Å²) in [7, 11) is 0. The molecule has 1 rings (SSSR count). The van der Waals surface area contributed by atoms with Gasteiger partial charge in [0.2, 0.25) is 0 Å². The number of hydrogen-bond acceptors (Lipinski definition) is 2. The zero-order valence-electron chi connectivity index (χ0n) is 7.58. The first-order valence-electron chi connectivity index (χ1n) is 4.60. The highest BCUT2D eigenvalue weighted by Gasteiger charge is 2.23. The molecular formula is C9H19NS. The van der Waals surface area contributed by atoms with Crippen LogP contribution in [0.5, 0.6) is 0 Å². The minimum absolute atomic E-state index is 0.774. The van der Waals surface area contributed by atoms with E-state index in [1.54, 1.807) is 0 Å². The topological polar surface area (TPSA) is 3.24 Å². The normalized spacial score (nSPS) is 34.1. The molecule has 0 amide bonds. The number of nitrogens with zero attached hydrogens (tertiary/aromatic N) is 1. The number of rotatable bonds is 2. The van der Waals surface area contributed by atoms with Crippen LogP contribution in [-0.4, -0.2) is 29.8 Å². The smallest absolute Gasteiger partial charge is 0.00928 e. The predicted octanol–water partition coefficient (Wildman–Crippen LogP) is 2.04. The van der Waals surface area contributed by atoms with Crippen LogP contribution < -0.4 is 0 Å². The van der Waals surface area contributed by atoms with Gasteiger partial charge >= 0.3 is 0 Å². The lowest BCUT2D eigenvalue weighted by Gasteiger charge is -2.37. The van der Waals surface area contributed by atoms with E-state index in [1.165, 1.54) is 19.4 Å². The van der Waals surface area contributed by atoms with Crippen LogP contribution in [0.15, 0.2) is 0 Å². The highest BCUT2D eigenvalue weighted by Crippen LogP contribution is 2.22. The van der Waals surface area contributed by atoms with Crippen LogP contribution in [0.4, 0.5) is 0 Å². The molecule has 0 spiro atoms. The van der Waals surface area contributed by atoms with E-state index >= 15 is 0 Å². The second-order valence-corrected chi connectivity index (χ2v) is 4.07. The highest BCUT2D eigenvalue weighted by molar-refractivity contribution is 7.80. The van der Waals surface area contributed by atoms with Crippen molar-refractivity contribution in [3.8, 4) is 0 Å². The van der Waals surface area contributed by atoms with Crippen LogP contribution in [-0.2, 0) is 0 Å². The Kier molecular flexibility index (Phi) is 3.73. The zero-order valence-corrected chi connectivity index (χ0v) is 8.48. The summed E-state index contributed by atoms with van der Waals surface area (Å²) in [4.78, 5) is 2.56. The Labute approximate surface area is 75.6 Å². The van der Waals surface area contributed by atoms with Gasteiger partial charge in [-0.3, -0.25) is 4.90 Å². The van der Waals surface area contributed by atoms with Gasteiger partial charge in [0.15, 0.2) is 0 Å². The molecule has 0 N–H and O–H groups in total. The summed E-state index contributed by atoms with van der Waals surface area (Å²) in [6, 6.07) is 0.774. The molecule has 1 fully saturated rings. The summed E-state index contributed by atoms with van der Waals surface area (Å²) in [6.45, 7) is 7.14. The third kappa shape index (κ3) is 2.38. The van der Waals surface area contributed by atoms with E-state index in [9.17, 15) is 0 Å². The molecule has 1 saturated heterocycles. The first kappa shape index (κ1) is 9.40. The average Bonchev–Trinajstić information content (AvgIpc) is 1.99. The fourth-order valence-corrected chi connectivity index (χ4v) is 2.12. The van der Waals surface area contributed by atoms with Gasteiger partial charge in [0, 0.05) is 18.3 Å². The Bertz CT molecular complexity index is 114. The lowest BCUT2D eigenvalue weighted by atomic mass is 9.92. The molecule has 0 aromatic heterocycles. The quantitative estimate of drug-likeness (QED) is 0.625. The molecular weight excluding hydrogens is 154 g/mol. The number of hydrogen-bond donors (Lipinski definition) is 1. The Hall–Kier alpha value is 0.310. The monoisotopic (exact) mass is 173 g/mol. The van der Waals surface area contributed by atoms with Crippen LogP contribution in [0.3, 0.4) is 0 Å². The third-order valence-electron chi connectivity index (χ3n) is 2.89. The molecule has 0 aliphatic carbocycles. The van der Waals surface area contributed by atoms with Crippen LogP contribution >= 0.6 is 12.6 Å². The molecule has 0 bridgehead atoms. The van der Waals surface area contributed by atoms with Gasteiger partial charge in [0.05, 0.1) is 0 Å². The molecule has 2 heteroatoms. The molecule has 1 heterocycles. The van der Waals surface area contributed by atoms with Crippen molar-refractivity contribution >= 4 is 12.6 Å². The highest BCUT2D eigenvalue weighted by atomic mass is 32.1. The van der Waals surface area contributed by atoms with Gasteiger partial charge in [-0.15, -0.1) is 0 Å². The maximum Gasteiger partial charge on any atom is 0.00928 e. The summed E-state index contributed by atoms with van der Waals surface area (Å²) in [5.74, 6) is 1.88. The van der Waals surface area contributed by atoms with E-state index in [0.29, 0.717) is 0 Å². The standard InChI is InChI=1S/C9H19NS/c1-8-4-3-5-10(6-7-11)9(8)2/h8-9,11H,3-7H2,1-2H3. The van der Waals surface area contributed by atoms with Gasteiger partial charge < -0.3 is 0 Å². The fraction of sp³-hybridized carbons (Fsp3) is 1.00. The lowest BCUT2D eigenvalue weighted by Crippen LogP contribution is -2.43. The molecule has 0 aromatic carbocycles. The third-order valence-corrected chi connectivity index (χ3v) is 3.09. The Morgan fingerprint density at radius 3 is 2.82 bits per heavy atom. The van der Waals surface area contributed by atoms with Crippen molar-refractivity contribution in [1.82, 2.24) is 4.90 Å². The van der Waals surface area contributed by atoms with Crippen LogP contribution in [0.1, 0.15) is 26.7 Å². The molecule has 11 heavy (non-hydrogen) atoms. The van der Waals surface area contributed by atoms with Crippen molar-refractivity contribution in [1.29, 1.82) is 0 Å². The zero-order chi connectivity index (χ0) is 8.27. The second kappa shape index (κ2) is 4.36. The summed E-state index contributed by atoms with van der Waals surface area (Å²) in [5, 5.41) is 0. The molecule has 2 atom stereocenters. The molecule has 0 aromatic rings. The SMILES string of the molecule is CC1CCCN(CCS)C1C. The lowest BCUT2D eigenvalue weighted by molar-refractivity contribution is 0.122. The van der Waals surface area contributed by atoms with Crippen molar-refractivity contribution in [2.75, 3.05) is 18.8 Å². The molecule has 0 radical (unpaired) electrons. The fourth-order valence-electron chi connectivity index (χ4n) is 1.86. The summed E-state index contributed by atoms with van der Waals surface area (Å²) < 4.78 is 0. The van der Waals surface area contributed by atoms with Crippen LogP contribution in [0, 0.1) is 5.92 Å². The van der Waals surface area contributed by atoms with Gasteiger partial charge in [-0.05, 0) is 32.2 Å². The maximum absolute atomic E-state index is 4.26. The van der Waals surface area contributed by atoms with E-state index in [2.05, 4.69) is 31.4 Å². The number of likely N-dealkylation sites (tertiary alicyclic amines) is 1. The molecule has 2 unspecified atom stereocenters. The summed E-state index contributed by atoms with van der Waals surface area (Å²) in [5.41, 5.74) is 0. The largest absolute Gasteiger partial charge is 0.300 e. The summed E-state index contributed by atoms with van der Waals surface area (Å²) in [6.07, 6.45) is 2.78. The van der Waals surface area contributed by atoms with E-state index in [4.69, 9.17) is 0 Å². The van der Waals surface area contributed by atoms with Gasteiger partial charge in [0.1, 0.15) is 0 Å². The minimum Gasteiger partial charge on any atom is -0.300 e. The van der Waals surface area contributed by atoms with E-state index in [-0.39, 0.29) is 0 Å². The van der Waals surface area contributed by atoms with E-state index in [0.717, 1.165) is 24.3 Å². The van der Waals surface area contributed by atoms with Gasteiger partial charge in [-0.2, -0.15) is 12.6 Å². The van der Waals surface area contributed by atoms with Gasteiger partial charge in [-0.25, -0.2) is 0 Å². The van der Waals surface area contributed by atoms with E-state index < -0.39 is 0 Å². The Morgan fingerprint density at radius 2 is 2.18 bits per heavy atom. The first-order valence-corrected chi connectivity index (χ1v) is 5.24. The van der Waals surface area contributed by atoms with Gasteiger partial charge in [0.25, 0.3) is 0 Å². The second-order valence-electron chi connectivity index (χ2n) is 3.62. The van der Waals surface area contributed by atoms with E-state index in [1.807, 2.05) is 0 Å². The first-order chi connectivity index (χ1) is 5.25. The van der Waals surface area contributed by atoms with Crippen molar-refractivity contribution in [3.05, 3.63) is 0 Å². The van der Waals surface area contributed by atoms with Crippen molar-refractivity contribution in [3.63, 3.8) is 0 Å². The molecule has 1 aliphatic rings. The maximum atomic E-state index is 4.26. The average molecular weight is 173 g/mol. The van der Waals surface area contributed by atoms with Crippen LogP contribution in [0.2, 0.25) is 0 Å². The van der Waals surface area contributed by atoms with Crippen molar-refractivity contribution in [2.45, 2.75) is 32.7 Å². The molecule has 1 nitrogen and oxygen atoms in total. The van der Waals surface area contributed by atoms with Crippen molar-refractivity contribution < 1.29 is 0 Å². The number of thiol groups is 1. The summed E-state index contributed by atoms with van der Waals surface area (Å²) >= 11 is 4.26. The Morgan fingerprint density at radius 1 is 1.45 bits per heavy atom. The predicted molar refractivity (Wildman–Crippen MR) is 53.3 cm³/mol. The molecule has 0 saturated carbocycles. The van der Waals surface area contributed by atoms with Crippen molar-refractivity contribution in [2.24, 2.45) is 5.92 Å². The Balaban J connectivity index is 2.38. The van der Waals surface area contributed by atoms with Gasteiger partial charge in [-0.1, -0.05) is 6.92 Å². The number of piperidine rings is 1. The molecule has 1 aliphatic heterocycles. The molecule has 66 valence electrons. The minimum atomic E-state index is 0.774.